The van der Waals surface area contributed by atoms with Gasteiger partial charge < -0.3 is 14.5 Å². The van der Waals surface area contributed by atoms with Crippen molar-refractivity contribution in [2.45, 2.75) is 19.5 Å². The highest BCUT2D eigenvalue weighted by Crippen LogP contribution is 2.46. The van der Waals surface area contributed by atoms with E-state index >= 15 is 0 Å². The number of halogens is 2. The summed E-state index contributed by atoms with van der Waals surface area (Å²) < 4.78 is 20.4. The van der Waals surface area contributed by atoms with Gasteiger partial charge in [0.1, 0.15) is 11.6 Å². The SMILES string of the molecule is COc1ccc(CN2C(=O)c3cc(Br)cc(N=CN(C)C)c3C2c2cc(F)ccc2C)cc1. The number of amides is 1. The summed E-state index contributed by atoms with van der Waals surface area (Å²) in [7, 11) is 5.39. The highest BCUT2D eigenvalue weighted by Gasteiger charge is 2.40. The molecule has 1 aliphatic rings. The lowest BCUT2D eigenvalue weighted by atomic mass is 9.93. The quantitative estimate of drug-likeness (QED) is 0.308. The number of fused-ring (bicyclic) bond motifs is 1. The van der Waals surface area contributed by atoms with Gasteiger partial charge in [0, 0.05) is 36.2 Å². The van der Waals surface area contributed by atoms with Crippen LogP contribution in [0.1, 0.15) is 38.7 Å². The lowest BCUT2D eigenvalue weighted by molar-refractivity contribution is 0.0735. The number of carbonyl (C=O) groups is 1. The number of nitrogens with zero attached hydrogens (tertiary/aromatic N) is 3. The minimum atomic E-state index is -0.465. The first kappa shape index (κ1) is 23.0. The van der Waals surface area contributed by atoms with Crippen LogP contribution < -0.4 is 4.74 Å². The Balaban J connectivity index is 1.89. The molecule has 33 heavy (non-hydrogen) atoms. The maximum atomic E-state index is 14.4. The fraction of sp³-hybridized carbons (Fsp3) is 0.231. The van der Waals surface area contributed by atoms with Crippen LogP contribution in [0.15, 0.2) is 64.1 Å². The van der Waals surface area contributed by atoms with Crippen LogP contribution in [0.2, 0.25) is 0 Å². The summed E-state index contributed by atoms with van der Waals surface area (Å²) in [6.45, 7) is 2.30. The monoisotopic (exact) mass is 509 g/mol. The number of hydrogen-bond donors (Lipinski definition) is 0. The van der Waals surface area contributed by atoms with Gasteiger partial charge >= 0.3 is 0 Å². The van der Waals surface area contributed by atoms with Crippen molar-refractivity contribution in [1.82, 2.24) is 9.80 Å². The summed E-state index contributed by atoms with van der Waals surface area (Å²) in [6.07, 6.45) is 1.70. The van der Waals surface area contributed by atoms with Crippen molar-refractivity contribution in [3.8, 4) is 5.75 Å². The number of methoxy groups -OCH3 is 1. The largest absolute Gasteiger partial charge is 0.497 e. The third kappa shape index (κ3) is 4.64. The second-order valence-corrected chi connectivity index (χ2v) is 9.19. The number of benzene rings is 3. The van der Waals surface area contributed by atoms with E-state index in [-0.39, 0.29) is 11.7 Å². The molecule has 7 heteroatoms. The fourth-order valence-corrected chi connectivity index (χ4v) is 4.55. The average Bonchev–Trinajstić information content (AvgIpc) is 3.05. The molecule has 5 nitrogen and oxygen atoms in total. The summed E-state index contributed by atoms with van der Waals surface area (Å²) in [5, 5.41) is 0. The molecule has 0 fully saturated rings. The molecule has 1 heterocycles. The van der Waals surface area contributed by atoms with E-state index in [1.54, 1.807) is 24.4 Å². The molecule has 1 aliphatic heterocycles. The predicted octanol–water partition coefficient (Wildman–Crippen LogP) is 5.87. The molecule has 1 atom stereocenters. The Bertz CT molecular complexity index is 1220. The van der Waals surface area contributed by atoms with Gasteiger partial charge in [-0.25, -0.2) is 9.38 Å². The molecule has 170 valence electrons. The molecule has 4 rings (SSSR count). The fourth-order valence-electron chi connectivity index (χ4n) is 4.10. The highest BCUT2D eigenvalue weighted by atomic mass is 79.9. The van der Waals surface area contributed by atoms with Crippen molar-refractivity contribution in [2.75, 3.05) is 21.2 Å². The molecule has 0 bridgehead atoms. The minimum Gasteiger partial charge on any atom is -0.497 e. The van der Waals surface area contributed by atoms with Gasteiger partial charge in [-0.2, -0.15) is 0 Å². The Morgan fingerprint density at radius 2 is 1.88 bits per heavy atom. The Morgan fingerprint density at radius 3 is 2.55 bits per heavy atom. The van der Waals surface area contributed by atoms with Crippen molar-refractivity contribution >= 4 is 33.9 Å². The first-order valence-corrected chi connectivity index (χ1v) is 11.3. The van der Waals surface area contributed by atoms with Gasteiger partial charge in [0.2, 0.25) is 0 Å². The van der Waals surface area contributed by atoms with Crippen molar-refractivity contribution < 1.29 is 13.9 Å². The number of aryl methyl sites for hydroxylation is 1. The first-order chi connectivity index (χ1) is 15.8. The van der Waals surface area contributed by atoms with Crippen molar-refractivity contribution in [3.63, 3.8) is 0 Å². The second kappa shape index (κ2) is 9.35. The predicted molar refractivity (Wildman–Crippen MR) is 132 cm³/mol. The van der Waals surface area contributed by atoms with E-state index in [0.29, 0.717) is 17.8 Å². The second-order valence-electron chi connectivity index (χ2n) is 8.28. The van der Waals surface area contributed by atoms with Gasteiger partial charge in [-0.15, -0.1) is 0 Å². The summed E-state index contributed by atoms with van der Waals surface area (Å²) in [5.74, 6) is 0.296. The maximum absolute atomic E-state index is 14.4. The lowest BCUT2D eigenvalue weighted by Crippen LogP contribution is -2.28. The Hall–Kier alpha value is -3.19. The van der Waals surface area contributed by atoms with Crippen molar-refractivity contribution in [2.24, 2.45) is 4.99 Å². The van der Waals surface area contributed by atoms with Gasteiger partial charge in [0.05, 0.1) is 25.2 Å². The molecule has 3 aromatic rings. The highest BCUT2D eigenvalue weighted by molar-refractivity contribution is 9.10. The summed E-state index contributed by atoms with van der Waals surface area (Å²) >= 11 is 3.52. The number of carbonyl (C=O) groups excluding carboxylic acids is 1. The molecule has 0 radical (unpaired) electrons. The van der Waals surface area contributed by atoms with E-state index < -0.39 is 6.04 Å². The van der Waals surface area contributed by atoms with Crippen LogP contribution in [0, 0.1) is 12.7 Å². The van der Waals surface area contributed by atoms with Crippen LogP contribution >= 0.6 is 15.9 Å². The van der Waals surface area contributed by atoms with E-state index in [1.807, 2.05) is 62.3 Å². The number of rotatable bonds is 6. The molecule has 0 saturated carbocycles. The van der Waals surface area contributed by atoms with Crippen molar-refractivity contribution in [3.05, 3.63) is 92.7 Å². The number of hydrogen-bond acceptors (Lipinski definition) is 3. The minimum absolute atomic E-state index is 0.114. The lowest BCUT2D eigenvalue weighted by Gasteiger charge is -2.28. The van der Waals surface area contributed by atoms with Crippen LogP contribution in [0.5, 0.6) is 5.75 Å². The van der Waals surface area contributed by atoms with Crippen LogP contribution in [0.25, 0.3) is 0 Å². The smallest absolute Gasteiger partial charge is 0.255 e. The molecular weight excluding hydrogens is 485 g/mol. The average molecular weight is 510 g/mol. The van der Waals surface area contributed by atoms with Gasteiger partial charge in [0.25, 0.3) is 5.91 Å². The molecule has 3 aromatic carbocycles. The van der Waals surface area contributed by atoms with Crippen LogP contribution in [0.4, 0.5) is 10.1 Å². The number of aliphatic imine (C=N–C) groups is 1. The zero-order valence-corrected chi connectivity index (χ0v) is 20.6. The van der Waals surface area contributed by atoms with E-state index in [2.05, 4.69) is 20.9 Å². The number of ether oxygens (including phenoxy) is 1. The molecule has 1 amide bonds. The third-order valence-electron chi connectivity index (χ3n) is 5.67. The Kier molecular flexibility index (Phi) is 6.51. The van der Waals surface area contributed by atoms with E-state index in [1.165, 1.54) is 12.1 Å². The normalized spacial score (nSPS) is 15.3. The topological polar surface area (TPSA) is 45.1 Å². The maximum Gasteiger partial charge on any atom is 0.255 e. The molecule has 0 aliphatic carbocycles. The molecule has 0 N–H and O–H groups in total. The summed E-state index contributed by atoms with van der Waals surface area (Å²) in [6, 6.07) is 15.6. The Morgan fingerprint density at radius 1 is 1.15 bits per heavy atom. The van der Waals surface area contributed by atoms with Gasteiger partial charge in [0.15, 0.2) is 0 Å². The Labute approximate surface area is 201 Å². The van der Waals surface area contributed by atoms with E-state index in [0.717, 1.165) is 32.5 Å². The standard InChI is InChI=1S/C26H25BrFN3O2/c1-16-5-8-19(28)13-21(16)25-24-22(11-18(27)12-23(24)29-15-30(2)3)26(32)31(25)14-17-6-9-20(33-4)10-7-17/h5-13,15,25H,14H2,1-4H3. The summed E-state index contributed by atoms with van der Waals surface area (Å²) in [5.41, 5.74) is 4.63. The van der Waals surface area contributed by atoms with Gasteiger partial charge in [-0.05, 0) is 60.0 Å². The molecular formula is C26H25BrFN3O2. The molecule has 0 saturated heterocycles. The molecule has 1 unspecified atom stereocenters. The van der Waals surface area contributed by atoms with Crippen LogP contribution in [-0.2, 0) is 6.54 Å². The third-order valence-corrected chi connectivity index (χ3v) is 6.13. The molecule has 0 spiro atoms. The van der Waals surface area contributed by atoms with E-state index in [9.17, 15) is 9.18 Å². The van der Waals surface area contributed by atoms with Crippen LogP contribution in [-0.4, -0.2) is 43.3 Å². The zero-order chi connectivity index (χ0) is 23.7. The van der Waals surface area contributed by atoms with Gasteiger partial charge in [-0.3, -0.25) is 4.79 Å². The molecule has 0 aromatic heterocycles. The van der Waals surface area contributed by atoms with Crippen molar-refractivity contribution in [1.29, 1.82) is 0 Å². The van der Waals surface area contributed by atoms with Crippen LogP contribution in [0.3, 0.4) is 0 Å². The summed E-state index contributed by atoms with van der Waals surface area (Å²) in [4.78, 5) is 21.9. The zero-order valence-electron chi connectivity index (χ0n) is 19.0. The first-order valence-electron chi connectivity index (χ1n) is 10.5. The van der Waals surface area contributed by atoms with E-state index in [4.69, 9.17) is 4.74 Å². The van der Waals surface area contributed by atoms with Gasteiger partial charge in [-0.1, -0.05) is 34.1 Å².